The highest BCUT2D eigenvalue weighted by atomic mass is 16.3. The first-order valence-corrected chi connectivity index (χ1v) is 7.26. The van der Waals surface area contributed by atoms with Crippen LogP contribution in [0.15, 0.2) is 48.5 Å². The molecule has 0 bridgehead atoms. The Morgan fingerprint density at radius 3 is 2.57 bits per heavy atom. The van der Waals surface area contributed by atoms with Gasteiger partial charge in [0.2, 0.25) is 0 Å². The van der Waals surface area contributed by atoms with E-state index < -0.39 is 0 Å². The average molecular weight is 281 g/mol. The van der Waals surface area contributed by atoms with Crippen LogP contribution in [0.25, 0.3) is 0 Å². The molecule has 1 aliphatic carbocycles. The van der Waals surface area contributed by atoms with Crippen LogP contribution in [0.4, 0.5) is 0 Å². The number of carbonyl (C=O) groups is 1. The smallest absolute Gasteiger partial charge is 0.251 e. The lowest BCUT2D eigenvalue weighted by Crippen LogP contribution is -2.17. The van der Waals surface area contributed by atoms with Crippen molar-refractivity contribution in [2.24, 2.45) is 5.92 Å². The Morgan fingerprint density at radius 1 is 1.19 bits per heavy atom. The van der Waals surface area contributed by atoms with Crippen LogP contribution >= 0.6 is 0 Å². The van der Waals surface area contributed by atoms with E-state index in [1.807, 2.05) is 42.5 Å². The maximum Gasteiger partial charge on any atom is 0.251 e. The summed E-state index contributed by atoms with van der Waals surface area (Å²) in [6.45, 7) is 0. The normalized spacial score (nSPS) is 20.1. The number of rotatable bonds is 3. The zero-order valence-corrected chi connectivity index (χ0v) is 12.0. The summed E-state index contributed by atoms with van der Waals surface area (Å²) in [4.78, 5) is 11.5. The molecule has 0 heterocycles. The van der Waals surface area contributed by atoms with Crippen molar-refractivity contribution in [3.63, 3.8) is 0 Å². The van der Waals surface area contributed by atoms with Crippen LogP contribution in [0, 0.1) is 5.92 Å². The molecule has 3 heteroatoms. The van der Waals surface area contributed by atoms with Crippen LogP contribution in [0.2, 0.25) is 0 Å². The van der Waals surface area contributed by atoms with E-state index in [4.69, 9.17) is 0 Å². The fraction of sp³-hybridized carbons (Fsp3) is 0.278. The molecule has 0 saturated heterocycles. The molecule has 0 saturated carbocycles. The predicted molar refractivity (Wildman–Crippen MR) is 82.1 cm³/mol. The van der Waals surface area contributed by atoms with Gasteiger partial charge in [-0.1, -0.05) is 36.4 Å². The molecule has 2 N–H and O–H groups in total. The standard InChI is InChI=1S/C18H19NO2/c1-19-18(21)13-8-6-12(7-9-13)10-15-11-14-4-2-3-5-16(14)17(15)20/h2-9,15,17,20H,10-11H2,1H3,(H,19,21). The van der Waals surface area contributed by atoms with Crippen molar-refractivity contribution < 1.29 is 9.90 Å². The molecule has 3 nitrogen and oxygen atoms in total. The highest BCUT2D eigenvalue weighted by Crippen LogP contribution is 2.37. The van der Waals surface area contributed by atoms with E-state index in [1.165, 1.54) is 5.56 Å². The van der Waals surface area contributed by atoms with E-state index in [1.54, 1.807) is 7.05 Å². The summed E-state index contributed by atoms with van der Waals surface area (Å²) in [7, 11) is 1.63. The number of nitrogens with one attached hydrogen (secondary N) is 1. The van der Waals surface area contributed by atoms with Crippen LogP contribution in [0.3, 0.4) is 0 Å². The molecular weight excluding hydrogens is 262 g/mol. The van der Waals surface area contributed by atoms with E-state index >= 15 is 0 Å². The topological polar surface area (TPSA) is 49.3 Å². The van der Waals surface area contributed by atoms with E-state index in [0.29, 0.717) is 5.56 Å². The fourth-order valence-corrected chi connectivity index (χ4v) is 3.08. The Balaban J connectivity index is 1.72. The maximum absolute atomic E-state index is 11.5. The molecule has 2 unspecified atom stereocenters. The summed E-state index contributed by atoms with van der Waals surface area (Å²) >= 11 is 0. The van der Waals surface area contributed by atoms with Gasteiger partial charge < -0.3 is 10.4 Å². The lowest BCUT2D eigenvalue weighted by Gasteiger charge is -2.15. The number of hydrogen-bond donors (Lipinski definition) is 2. The summed E-state index contributed by atoms with van der Waals surface area (Å²) in [5.41, 5.74) is 4.12. The van der Waals surface area contributed by atoms with Gasteiger partial charge in [-0.15, -0.1) is 0 Å². The van der Waals surface area contributed by atoms with Gasteiger partial charge in [-0.3, -0.25) is 4.79 Å². The molecule has 0 spiro atoms. The highest BCUT2D eigenvalue weighted by molar-refractivity contribution is 5.93. The van der Waals surface area contributed by atoms with Gasteiger partial charge in [-0.2, -0.15) is 0 Å². The van der Waals surface area contributed by atoms with Crippen molar-refractivity contribution in [1.82, 2.24) is 5.32 Å². The molecule has 2 aromatic carbocycles. The maximum atomic E-state index is 11.5. The molecule has 0 fully saturated rings. The second-order valence-corrected chi connectivity index (χ2v) is 5.59. The van der Waals surface area contributed by atoms with Crippen LogP contribution < -0.4 is 5.32 Å². The Kier molecular flexibility index (Phi) is 3.76. The quantitative estimate of drug-likeness (QED) is 0.908. The zero-order chi connectivity index (χ0) is 14.8. The molecule has 3 rings (SSSR count). The van der Waals surface area contributed by atoms with Crippen molar-refractivity contribution in [3.05, 3.63) is 70.8 Å². The van der Waals surface area contributed by atoms with Gasteiger partial charge in [0, 0.05) is 12.6 Å². The third kappa shape index (κ3) is 2.69. The minimum absolute atomic E-state index is 0.0742. The van der Waals surface area contributed by atoms with Crippen molar-refractivity contribution in [2.45, 2.75) is 18.9 Å². The molecule has 2 atom stereocenters. The van der Waals surface area contributed by atoms with Gasteiger partial charge in [0.25, 0.3) is 5.91 Å². The van der Waals surface area contributed by atoms with Crippen molar-refractivity contribution in [2.75, 3.05) is 7.05 Å². The molecule has 0 radical (unpaired) electrons. The third-order valence-electron chi connectivity index (χ3n) is 4.24. The third-order valence-corrected chi connectivity index (χ3v) is 4.24. The summed E-state index contributed by atoms with van der Waals surface area (Å²) < 4.78 is 0. The fourth-order valence-electron chi connectivity index (χ4n) is 3.08. The Bertz CT molecular complexity index is 649. The molecule has 21 heavy (non-hydrogen) atoms. The van der Waals surface area contributed by atoms with Gasteiger partial charge in [0.15, 0.2) is 0 Å². The second kappa shape index (κ2) is 5.70. The number of aliphatic hydroxyl groups excluding tert-OH is 1. The molecule has 2 aromatic rings. The minimum atomic E-state index is -0.389. The second-order valence-electron chi connectivity index (χ2n) is 5.59. The van der Waals surface area contributed by atoms with Gasteiger partial charge in [0.1, 0.15) is 0 Å². The first kappa shape index (κ1) is 13.8. The van der Waals surface area contributed by atoms with Crippen molar-refractivity contribution in [1.29, 1.82) is 0 Å². The van der Waals surface area contributed by atoms with E-state index in [-0.39, 0.29) is 17.9 Å². The molecule has 108 valence electrons. The zero-order valence-electron chi connectivity index (χ0n) is 12.0. The Labute approximate surface area is 124 Å². The summed E-state index contributed by atoms with van der Waals surface area (Å²) in [5.74, 6) is 0.142. The summed E-state index contributed by atoms with van der Waals surface area (Å²) in [6.07, 6.45) is 1.35. The molecule has 1 aliphatic rings. The Hall–Kier alpha value is -2.13. The molecule has 1 amide bonds. The average Bonchev–Trinajstić information content (AvgIpc) is 2.84. The summed E-state index contributed by atoms with van der Waals surface area (Å²) in [5, 5.41) is 13.0. The van der Waals surface area contributed by atoms with Gasteiger partial charge >= 0.3 is 0 Å². The number of aliphatic hydroxyl groups is 1. The molecule has 0 aromatic heterocycles. The first-order valence-electron chi connectivity index (χ1n) is 7.26. The van der Waals surface area contributed by atoms with Gasteiger partial charge in [-0.25, -0.2) is 0 Å². The number of hydrogen-bond acceptors (Lipinski definition) is 2. The first-order chi connectivity index (χ1) is 10.2. The largest absolute Gasteiger partial charge is 0.388 e. The van der Waals surface area contributed by atoms with Crippen LogP contribution in [0.5, 0.6) is 0 Å². The number of benzene rings is 2. The van der Waals surface area contributed by atoms with Crippen LogP contribution in [-0.4, -0.2) is 18.1 Å². The van der Waals surface area contributed by atoms with Crippen molar-refractivity contribution in [3.8, 4) is 0 Å². The van der Waals surface area contributed by atoms with Gasteiger partial charge in [-0.05, 0) is 47.6 Å². The predicted octanol–water partition coefficient (Wildman–Crippen LogP) is 2.49. The minimum Gasteiger partial charge on any atom is -0.388 e. The molecule has 0 aliphatic heterocycles. The van der Waals surface area contributed by atoms with Crippen molar-refractivity contribution >= 4 is 5.91 Å². The van der Waals surface area contributed by atoms with Crippen LogP contribution in [0.1, 0.15) is 33.2 Å². The SMILES string of the molecule is CNC(=O)c1ccc(CC2Cc3ccccc3C2O)cc1. The van der Waals surface area contributed by atoms with E-state index in [9.17, 15) is 9.90 Å². The lowest BCUT2D eigenvalue weighted by molar-refractivity contribution is 0.0963. The van der Waals surface area contributed by atoms with E-state index in [2.05, 4.69) is 11.4 Å². The van der Waals surface area contributed by atoms with Gasteiger partial charge in [0.05, 0.1) is 6.10 Å². The number of fused-ring (bicyclic) bond motifs is 1. The lowest BCUT2D eigenvalue weighted by atomic mass is 9.94. The monoisotopic (exact) mass is 281 g/mol. The number of amides is 1. The number of carbonyl (C=O) groups excluding carboxylic acids is 1. The summed E-state index contributed by atoms with van der Waals surface area (Å²) in [6, 6.07) is 15.7. The van der Waals surface area contributed by atoms with E-state index in [0.717, 1.165) is 24.0 Å². The highest BCUT2D eigenvalue weighted by Gasteiger charge is 2.30. The molecular formula is C18H19NO2. The Morgan fingerprint density at radius 2 is 1.90 bits per heavy atom. The van der Waals surface area contributed by atoms with Crippen LogP contribution in [-0.2, 0) is 12.8 Å².